The van der Waals surface area contributed by atoms with Gasteiger partial charge in [0.15, 0.2) is 0 Å². The molecule has 188 valence electrons. The number of benzene rings is 2. The smallest absolute Gasteiger partial charge is 0.383 e. The van der Waals surface area contributed by atoms with Gasteiger partial charge in [-0.1, -0.05) is 61.3 Å². The Balaban J connectivity index is 1.78. The van der Waals surface area contributed by atoms with Crippen molar-refractivity contribution in [3.05, 3.63) is 80.1 Å². The summed E-state index contributed by atoms with van der Waals surface area (Å²) in [6.07, 6.45) is -1.69. The highest BCUT2D eigenvalue weighted by Gasteiger charge is 2.33. The molecule has 1 N–H and O–H groups in total. The molecule has 0 saturated heterocycles. The Hall–Kier alpha value is -2.06. The molecule has 2 aromatic carbocycles. The molecular weight excluding hydrogens is 498 g/mol. The zero-order valence-electron chi connectivity index (χ0n) is 19.8. The largest absolute Gasteiger partial charge is 0.416 e. The Labute approximate surface area is 213 Å². The van der Waals surface area contributed by atoms with E-state index in [1.807, 2.05) is 26.0 Å². The fourth-order valence-electron chi connectivity index (χ4n) is 4.98. The van der Waals surface area contributed by atoms with Crippen LogP contribution in [-0.2, 0) is 36.6 Å². The van der Waals surface area contributed by atoms with Crippen molar-refractivity contribution < 1.29 is 17.9 Å². The molecular formula is C26H28Cl2F3N3O. The predicted octanol–water partition coefficient (Wildman–Crippen LogP) is 6.77. The van der Waals surface area contributed by atoms with Crippen molar-refractivity contribution in [1.29, 1.82) is 0 Å². The van der Waals surface area contributed by atoms with E-state index < -0.39 is 11.7 Å². The highest BCUT2D eigenvalue weighted by molar-refractivity contribution is 6.37. The number of ether oxygens (including phenoxy) is 1. The lowest BCUT2D eigenvalue weighted by molar-refractivity contribution is -0.137. The number of halogens is 5. The molecule has 9 heteroatoms. The first-order valence-corrected chi connectivity index (χ1v) is 12.4. The standard InChI is InChI=1S/C26H28Cl2F3N3O/c1-4-22-19(13-23-18-9-7-6-8-15(18)10-17(32-23)14-35-3)24(5-2)34(33-22)25-20(27)11-16(12-21(25)28)26(29,30)31/h6-9,11-12,17,23,32H,4-5,10,13-14H2,1-3H3. The minimum Gasteiger partial charge on any atom is -0.383 e. The molecule has 2 unspecified atom stereocenters. The van der Waals surface area contributed by atoms with Gasteiger partial charge in [-0.25, -0.2) is 4.68 Å². The Morgan fingerprint density at radius 3 is 2.40 bits per heavy atom. The summed E-state index contributed by atoms with van der Waals surface area (Å²) >= 11 is 12.7. The van der Waals surface area contributed by atoms with Gasteiger partial charge in [0.25, 0.3) is 0 Å². The molecule has 0 saturated carbocycles. The van der Waals surface area contributed by atoms with Gasteiger partial charge in [-0.3, -0.25) is 0 Å². The number of alkyl halides is 3. The van der Waals surface area contributed by atoms with Gasteiger partial charge in [0.05, 0.1) is 27.9 Å². The molecule has 0 fully saturated rings. The molecule has 0 aliphatic carbocycles. The van der Waals surface area contributed by atoms with Crippen molar-refractivity contribution in [3.63, 3.8) is 0 Å². The fourth-order valence-corrected chi connectivity index (χ4v) is 5.62. The van der Waals surface area contributed by atoms with Crippen molar-refractivity contribution in [1.82, 2.24) is 15.1 Å². The second kappa shape index (κ2) is 10.5. The predicted molar refractivity (Wildman–Crippen MR) is 133 cm³/mol. The third-order valence-corrected chi connectivity index (χ3v) is 7.08. The van der Waals surface area contributed by atoms with E-state index in [9.17, 15) is 13.2 Å². The summed E-state index contributed by atoms with van der Waals surface area (Å²) in [4.78, 5) is 0. The second-order valence-corrected chi connectivity index (χ2v) is 9.57. The van der Waals surface area contributed by atoms with Crippen LogP contribution in [0, 0.1) is 0 Å². The molecule has 0 bridgehead atoms. The zero-order chi connectivity index (χ0) is 25.3. The summed E-state index contributed by atoms with van der Waals surface area (Å²) in [6.45, 7) is 4.61. The molecule has 4 nitrogen and oxygen atoms in total. The molecule has 4 rings (SSSR count). The van der Waals surface area contributed by atoms with Gasteiger partial charge in [-0.05, 0) is 54.5 Å². The van der Waals surface area contributed by atoms with Gasteiger partial charge < -0.3 is 10.1 Å². The minimum atomic E-state index is -4.54. The van der Waals surface area contributed by atoms with Crippen LogP contribution in [0.5, 0.6) is 0 Å². The van der Waals surface area contributed by atoms with Crippen LogP contribution < -0.4 is 5.32 Å². The number of nitrogens with one attached hydrogen (secondary N) is 1. The first kappa shape index (κ1) is 26.0. The van der Waals surface area contributed by atoms with Crippen LogP contribution in [0.15, 0.2) is 36.4 Å². The number of aromatic nitrogens is 2. The summed E-state index contributed by atoms with van der Waals surface area (Å²) in [5.74, 6) is 0. The maximum absolute atomic E-state index is 13.3. The molecule has 1 aromatic heterocycles. The van der Waals surface area contributed by atoms with Crippen molar-refractivity contribution in [2.75, 3.05) is 13.7 Å². The lowest BCUT2D eigenvalue weighted by Crippen LogP contribution is -2.43. The van der Waals surface area contributed by atoms with E-state index in [2.05, 4.69) is 17.4 Å². The number of hydrogen-bond acceptors (Lipinski definition) is 3. The Bertz CT molecular complexity index is 1190. The van der Waals surface area contributed by atoms with Crippen LogP contribution in [0.4, 0.5) is 13.2 Å². The lowest BCUT2D eigenvalue weighted by atomic mass is 9.86. The average Bonchev–Trinajstić information content (AvgIpc) is 3.15. The van der Waals surface area contributed by atoms with Crippen molar-refractivity contribution >= 4 is 23.2 Å². The molecule has 0 spiro atoms. The molecule has 3 aromatic rings. The maximum atomic E-state index is 13.3. The molecule has 2 atom stereocenters. The minimum absolute atomic E-state index is 0.0481. The average molecular weight is 526 g/mol. The molecule has 35 heavy (non-hydrogen) atoms. The van der Waals surface area contributed by atoms with E-state index in [-0.39, 0.29) is 27.8 Å². The van der Waals surface area contributed by atoms with Crippen LogP contribution >= 0.6 is 23.2 Å². The number of methoxy groups -OCH3 is 1. The molecule has 1 aliphatic heterocycles. The number of fused-ring (bicyclic) bond motifs is 1. The molecule has 0 radical (unpaired) electrons. The van der Waals surface area contributed by atoms with E-state index in [1.54, 1.807) is 11.8 Å². The van der Waals surface area contributed by atoms with E-state index in [0.29, 0.717) is 25.9 Å². The maximum Gasteiger partial charge on any atom is 0.416 e. The summed E-state index contributed by atoms with van der Waals surface area (Å²) in [7, 11) is 1.70. The Kier molecular flexibility index (Phi) is 7.81. The fraction of sp³-hybridized carbons (Fsp3) is 0.423. The summed E-state index contributed by atoms with van der Waals surface area (Å²) in [6, 6.07) is 10.4. The summed E-state index contributed by atoms with van der Waals surface area (Å²) in [5.41, 5.74) is 4.74. The molecule has 2 heterocycles. The van der Waals surface area contributed by atoms with Gasteiger partial charge in [-0.2, -0.15) is 18.3 Å². The van der Waals surface area contributed by atoms with Crippen LogP contribution in [0.25, 0.3) is 5.69 Å². The van der Waals surface area contributed by atoms with Crippen molar-refractivity contribution in [2.45, 2.75) is 57.8 Å². The zero-order valence-corrected chi connectivity index (χ0v) is 21.4. The van der Waals surface area contributed by atoms with Gasteiger partial charge >= 0.3 is 6.18 Å². The third kappa shape index (κ3) is 5.24. The van der Waals surface area contributed by atoms with Crippen molar-refractivity contribution in [2.24, 2.45) is 0 Å². The van der Waals surface area contributed by atoms with Crippen LogP contribution in [0.1, 0.15) is 53.5 Å². The third-order valence-electron chi connectivity index (χ3n) is 6.51. The van der Waals surface area contributed by atoms with Crippen LogP contribution in [0.3, 0.4) is 0 Å². The van der Waals surface area contributed by atoms with Gasteiger partial charge in [0, 0.05) is 24.9 Å². The van der Waals surface area contributed by atoms with Gasteiger partial charge in [0.2, 0.25) is 0 Å². The second-order valence-electron chi connectivity index (χ2n) is 8.76. The summed E-state index contributed by atoms with van der Waals surface area (Å²) in [5, 5.41) is 8.32. The monoisotopic (exact) mass is 525 g/mol. The molecule has 0 amide bonds. The van der Waals surface area contributed by atoms with Crippen molar-refractivity contribution in [3.8, 4) is 5.69 Å². The van der Waals surface area contributed by atoms with Gasteiger partial charge in [0.1, 0.15) is 5.69 Å². The Morgan fingerprint density at radius 2 is 1.80 bits per heavy atom. The summed E-state index contributed by atoms with van der Waals surface area (Å²) < 4.78 is 46.8. The van der Waals surface area contributed by atoms with E-state index >= 15 is 0 Å². The SMILES string of the molecule is CCc1nn(-c2c(Cl)cc(C(F)(F)F)cc2Cl)c(CC)c1CC1NC(COC)Cc2ccccc21. The number of hydrogen-bond donors (Lipinski definition) is 1. The van der Waals surface area contributed by atoms with Crippen LogP contribution in [-0.4, -0.2) is 29.5 Å². The number of rotatable bonds is 7. The number of aryl methyl sites for hydroxylation is 1. The first-order valence-electron chi connectivity index (χ1n) is 11.7. The van der Waals surface area contributed by atoms with E-state index in [4.69, 9.17) is 33.0 Å². The lowest BCUT2D eigenvalue weighted by Gasteiger charge is -2.33. The van der Waals surface area contributed by atoms with Crippen LogP contribution in [0.2, 0.25) is 10.0 Å². The van der Waals surface area contributed by atoms with Gasteiger partial charge in [-0.15, -0.1) is 0 Å². The Morgan fingerprint density at radius 1 is 1.11 bits per heavy atom. The highest BCUT2D eigenvalue weighted by atomic mass is 35.5. The topological polar surface area (TPSA) is 39.1 Å². The number of nitrogens with zero attached hydrogens (tertiary/aromatic N) is 2. The quantitative estimate of drug-likeness (QED) is 0.370. The highest BCUT2D eigenvalue weighted by Crippen LogP contribution is 2.39. The first-order chi connectivity index (χ1) is 16.7. The molecule has 1 aliphatic rings. The van der Waals surface area contributed by atoms with E-state index in [0.717, 1.165) is 35.5 Å². The normalized spacial score (nSPS) is 18.1. The van der Waals surface area contributed by atoms with E-state index in [1.165, 1.54) is 11.1 Å².